The second-order valence-electron chi connectivity index (χ2n) is 7.85. The lowest BCUT2D eigenvalue weighted by atomic mass is 10.1. The molecule has 168 valence electrons. The summed E-state index contributed by atoms with van der Waals surface area (Å²) in [6, 6.07) is 6.02. The van der Waals surface area contributed by atoms with Gasteiger partial charge in [0.1, 0.15) is 11.6 Å². The molecule has 0 saturated carbocycles. The zero-order valence-corrected chi connectivity index (χ0v) is 17.8. The first kappa shape index (κ1) is 25.3. The average molecular weight is 424 g/mol. The van der Waals surface area contributed by atoms with Gasteiger partial charge >= 0.3 is 6.09 Å². The van der Waals surface area contributed by atoms with Gasteiger partial charge in [0.15, 0.2) is 0 Å². The van der Waals surface area contributed by atoms with Gasteiger partial charge in [-0.2, -0.15) is 0 Å². The van der Waals surface area contributed by atoms with Gasteiger partial charge in [-0.05, 0) is 51.8 Å². The van der Waals surface area contributed by atoms with Crippen molar-refractivity contribution >= 4 is 23.6 Å². The van der Waals surface area contributed by atoms with Gasteiger partial charge in [-0.1, -0.05) is 12.1 Å². The molecule has 0 aromatic heterocycles. The summed E-state index contributed by atoms with van der Waals surface area (Å²) in [4.78, 5) is 35.0. The molecule has 3 amide bonds. The molecule has 0 aliphatic rings. The molecule has 0 bridgehead atoms. The SMILES string of the molecule is C[C@@H](O)[C@H](NCc1ccc(NC(=O)CCCNC(=O)OC(C)(C)C)cc1)C(=O)NO. The summed E-state index contributed by atoms with van der Waals surface area (Å²) in [5, 5.41) is 26.5. The van der Waals surface area contributed by atoms with E-state index >= 15 is 0 Å². The van der Waals surface area contributed by atoms with E-state index in [1.807, 2.05) is 0 Å². The highest BCUT2D eigenvalue weighted by molar-refractivity contribution is 5.90. The van der Waals surface area contributed by atoms with E-state index in [9.17, 15) is 19.5 Å². The van der Waals surface area contributed by atoms with Crippen LogP contribution < -0.4 is 21.4 Å². The Bertz CT molecular complexity index is 700. The second-order valence-corrected chi connectivity index (χ2v) is 7.85. The zero-order valence-electron chi connectivity index (χ0n) is 17.8. The van der Waals surface area contributed by atoms with Gasteiger partial charge in [-0.3, -0.25) is 20.1 Å². The Kier molecular flexibility index (Phi) is 10.2. The van der Waals surface area contributed by atoms with Crippen molar-refractivity contribution in [3.05, 3.63) is 29.8 Å². The van der Waals surface area contributed by atoms with Gasteiger partial charge in [0.25, 0.3) is 5.91 Å². The predicted molar refractivity (Wildman–Crippen MR) is 111 cm³/mol. The summed E-state index contributed by atoms with van der Waals surface area (Å²) in [5.74, 6) is -0.907. The van der Waals surface area contributed by atoms with Crippen LogP contribution in [0.2, 0.25) is 0 Å². The van der Waals surface area contributed by atoms with Crippen LogP contribution in [0.5, 0.6) is 0 Å². The highest BCUT2D eigenvalue weighted by Crippen LogP contribution is 2.11. The summed E-state index contributed by atoms with van der Waals surface area (Å²) in [6.07, 6.45) is -0.784. The summed E-state index contributed by atoms with van der Waals surface area (Å²) in [5.41, 5.74) is 2.39. The fourth-order valence-corrected chi connectivity index (χ4v) is 2.46. The van der Waals surface area contributed by atoms with E-state index in [2.05, 4.69) is 16.0 Å². The lowest BCUT2D eigenvalue weighted by Gasteiger charge is -2.19. The van der Waals surface area contributed by atoms with Crippen molar-refractivity contribution in [2.24, 2.45) is 0 Å². The molecule has 0 heterocycles. The Morgan fingerprint density at radius 1 is 1.13 bits per heavy atom. The predicted octanol–water partition coefficient (Wildman–Crippen LogP) is 1.27. The molecular formula is C20H32N4O6. The molecule has 0 aliphatic carbocycles. The number of hydrogen-bond acceptors (Lipinski definition) is 7. The van der Waals surface area contributed by atoms with Crippen LogP contribution in [0.4, 0.5) is 10.5 Å². The Hall–Kier alpha value is -2.69. The fourth-order valence-electron chi connectivity index (χ4n) is 2.46. The van der Waals surface area contributed by atoms with Crippen LogP contribution in [-0.4, -0.2) is 52.5 Å². The molecule has 0 aliphatic heterocycles. The van der Waals surface area contributed by atoms with Gasteiger partial charge in [0, 0.05) is 25.2 Å². The molecule has 6 N–H and O–H groups in total. The Morgan fingerprint density at radius 3 is 2.30 bits per heavy atom. The first-order valence-corrected chi connectivity index (χ1v) is 9.73. The highest BCUT2D eigenvalue weighted by Gasteiger charge is 2.22. The van der Waals surface area contributed by atoms with Crippen LogP contribution in [0.25, 0.3) is 0 Å². The molecule has 1 aromatic rings. The van der Waals surface area contributed by atoms with Crippen molar-refractivity contribution in [1.82, 2.24) is 16.1 Å². The number of alkyl carbamates (subject to hydrolysis) is 1. The molecule has 1 rings (SSSR count). The van der Waals surface area contributed by atoms with E-state index in [0.717, 1.165) is 5.56 Å². The third kappa shape index (κ3) is 10.2. The van der Waals surface area contributed by atoms with E-state index in [0.29, 0.717) is 18.7 Å². The number of hydrogen-bond donors (Lipinski definition) is 6. The van der Waals surface area contributed by atoms with Crippen molar-refractivity contribution in [2.45, 2.75) is 64.8 Å². The number of benzene rings is 1. The van der Waals surface area contributed by atoms with Crippen molar-refractivity contribution in [3.8, 4) is 0 Å². The number of hydroxylamine groups is 1. The number of carbonyl (C=O) groups excluding carboxylic acids is 3. The molecule has 0 unspecified atom stereocenters. The topological polar surface area (TPSA) is 149 Å². The first-order chi connectivity index (χ1) is 14.0. The molecule has 1 aromatic carbocycles. The quantitative estimate of drug-likeness (QED) is 0.188. The molecule has 10 nitrogen and oxygen atoms in total. The number of amides is 3. The number of carbonyl (C=O) groups is 3. The van der Waals surface area contributed by atoms with Crippen LogP contribution in [0.3, 0.4) is 0 Å². The van der Waals surface area contributed by atoms with Crippen LogP contribution in [0.1, 0.15) is 46.1 Å². The zero-order chi connectivity index (χ0) is 22.7. The van der Waals surface area contributed by atoms with Crippen molar-refractivity contribution in [2.75, 3.05) is 11.9 Å². The fraction of sp³-hybridized carbons (Fsp3) is 0.550. The minimum absolute atomic E-state index is 0.180. The standard InChI is InChI=1S/C20H32N4O6/c1-13(25)17(18(27)24-29)22-12-14-7-9-15(10-8-14)23-16(26)6-5-11-21-19(28)30-20(2,3)4/h7-10,13,17,22,25,29H,5-6,11-12H2,1-4H3,(H,21,28)(H,23,26)(H,24,27)/t13-,17+/m1/s1. The minimum Gasteiger partial charge on any atom is -0.444 e. The number of aliphatic hydroxyl groups excluding tert-OH is 1. The van der Waals surface area contributed by atoms with Crippen LogP contribution in [-0.2, 0) is 20.9 Å². The van der Waals surface area contributed by atoms with Gasteiger partial charge < -0.3 is 20.5 Å². The maximum Gasteiger partial charge on any atom is 0.407 e. The number of anilines is 1. The van der Waals surface area contributed by atoms with Gasteiger partial charge in [-0.15, -0.1) is 0 Å². The minimum atomic E-state index is -0.986. The van der Waals surface area contributed by atoms with Crippen LogP contribution in [0.15, 0.2) is 24.3 Å². The van der Waals surface area contributed by atoms with E-state index in [-0.39, 0.29) is 18.9 Å². The molecule has 0 saturated heterocycles. The van der Waals surface area contributed by atoms with Crippen molar-refractivity contribution < 1.29 is 29.4 Å². The van der Waals surface area contributed by atoms with Crippen molar-refractivity contribution in [3.63, 3.8) is 0 Å². The molecule has 0 fully saturated rings. The van der Waals surface area contributed by atoms with Crippen molar-refractivity contribution in [1.29, 1.82) is 0 Å². The molecule has 0 radical (unpaired) electrons. The third-order valence-electron chi connectivity index (χ3n) is 3.89. The van der Waals surface area contributed by atoms with Crippen LogP contribution in [0, 0.1) is 0 Å². The monoisotopic (exact) mass is 424 g/mol. The average Bonchev–Trinajstić information content (AvgIpc) is 2.64. The van der Waals surface area contributed by atoms with Crippen LogP contribution >= 0.6 is 0 Å². The van der Waals surface area contributed by atoms with Gasteiger partial charge in [-0.25, -0.2) is 10.3 Å². The molecule has 0 spiro atoms. The molecule has 30 heavy (non-hydrogen) atoms. The lowest BCUT2D eigenvalue weighted by molar-refractivity contribution is -0.134. The first-order valence-electron chi connectivity index (χ1n) is 9.73. The summed E-state index contributed by atoms with van der Waals surface area (Å²) in [6.45, 7) is 7.39. The number of ether oxygens (including phenoxy) is 1. The third-order valence-corrected chi connectivity index (χ3v) is 3.89. The van der Waals surface area contributed by atoms with E-state index < -0.39 is 29.7 Å². The van der Waals surface area contributed by atoms with E-state index in [1.165, 1.54) is 12.4 Å². The Morgan fingerprint density at radius 2 is 1.77 bits per heavy atom. The summed E-state index contributed by atoms with van der Waals surface area (Å²) < 4.78 is 5.11. The Balaban J connectivity index is 2.37. The summed E-state index contributed by atoms with van der Waals surface area (Å²) >= 11 is 0. The summed E-state index contributed by atoms with van der Waals surface area (Å²) in [7, 11) is 0. The number of rotatable bonds is 10. The molecule has 10 heteroatoms. The van der Waals surface area contributed by atoms with E-state index in [4.69, 9.17) is 9.94 Å². The largest absolute Gasteiger partial charge is 0.444 e. The number of aliphatic hydroxyl groups is 1. The molecular weight excluding hydrogens is 392 g/mol. The highest BCUT2D eigenvalue weighted by atomic mass is 16.6. The normalized spacial score (nSPS) is 13.1. The lowest BCUT2D eigenvalue weighted by Crippen LogP contribution is -2.49. The second kappa shape index (κ2) is 12.1. The maximum atomic E-state index is 12.0. The smallest absolute Gasteiger partial charge is 0.407 e. The maximum absolute atomic E-state index is 12.0. The Labute approximate surface area is 176 Å². The van der Waals surface area contributed by atoms with E-state index in [1.54, 1.807) is 45.0 Å². The van der Waals surface area contributed by atoms with Gasteiger partial charge in [0.2, 0.25) is 5.91 Å². The number of nitrogens with one attached hydrogen (secondary N) is 4. The molecule has 2 atom stereocenters. The van der Waals surface area contributed by atoms with Gasteiger partial charge in [0.05, 0.1) is 6.10 Å².